The van der Waals surface area contributed by atoms with E-state index in [4.69, 9.17) is 8.36 Å². The van der Waals surface area contributed by atoms with E-state index < -0.39 is 5.97 Å². The molecule has 3 N–H and O–H groups in total. The fourth-order valence-electron chi connectivity index (χ4n) is 0.426. The fourth-order valence-corrected chi connectivity index (χ4v) is 0.613. The van der Waals surface area contributed by atoms with E-state index >= 15 is 0 Å². The quantitative estimate of drug-likeness (QED) is 0.228. The fraction of sp³-hybridized carbons (Fsp3) is 0.400. The summed E-state index contributed by atoms with van der Waals surface area (Å²) in [5.41, 5.74) is 0. The summed E-state index contributed by atoms with van der Waals surface area (Å²) in [6.45, 7) is -0.130. The summed E-state index contributed by atoms with van der Waals surface area (Å²) in [6, 6.07) is 0. The molecule has 0 aliphatic heterocycles. The van der Waals surface area contributed by atoms with Crippen molar-refractivity contribution >= 4 is 27.9 Å². The van der Waals surface area contributed by atoms with Crippen molar-refractivity contribution in [1.29, 1.82) is 0 Å². The van der Waals surface area contributed by atoms with Crippen LogP contribution in [-0.4, -0.2) is 48.7 Å². The second-order valence-electron chi connectivity index (χ2n) is 2.19. The Kier molecular flexibility index (Phi) is 50.6. The Morgan fingerprint density at radius 2 is 1.45 bits per heavy atom. The SMILES string of the molecule is COC(=O)/C=C\CBr.COC(=O)/C=C\CO.O.[Ag].[O]=[Ag]. The van der Waals surface area contributed by atoms with Gasteiger partial charge in [-0.2, -0.15) is 0 Å². The molecule has 0 aromatic heterocycles. The first kappa shape index (κ1) is 32.2. The molecular formula is C10H17Ag2BrO7. The number of rotatable bonds is 4. The van der Waals surface area contributed by atoms with Crippen molar-refractivity contribution in [2.45, 2.75) is 0 Å². The van der Waals surface area contributed by atoms with Crippen LogP contribution in [0.1, 0.15) is 0 Å². The van der Waals surface area contributed by atoms with Crippen LogP contribution < -0.4 is 0 Å². The number of hydrogen-bond donors (Lipinski definition) is 1. The molecule has 0 amide bonds. The Labute approximate surface area is 154 Å². The molecule has 0 aliphatic rings. The van der Waals surface area contributed by atoms with Gasteiger partial charge in [0, 0.05) is 39.9 Å². The van der Waals surface area contributed by atoms with E-state index in [9.17, 15) is 9.59 Å². The van der Waals surface area contributed by atoms with Gasteiger partial charge in [0.2, 0.25) is 0 Å². The van der Waals surface area contributed by atoms with Crippen LogP contribution in [0.2, 0.25) is 0 Å². The Bertz CT molecular complexity index is 246. The summed E-state index contributed by atoms with van der Waals surface area (Å²) >= 11 is 4.81. The van der Waals surface area contributed by atoms with Crippen LogP contribution in [0.15, 0.2) is 24.3 Å². The summed E-state index contributed by atoms with van der Waals surface area (Å²) < 4.78 is 16.6. The molecule has 0 atom stereocenters. The average Bonchev–Trinajstić information content (AvgIpc) is 2.44. The van der Waals surface area contributed by atoms with Gasteiger partial charge < -0.3 is 20.1 Å². The van der Waals surface area contributed by atoms with Crippen LogP contribution in [-0.2, 0) is 65.7 Å². The zero-order valence-electron chi connectivity index (χ0n) is 10.7. The van der Waals surface area contributed by atoms with E-state index in [2.05, 4.69) is 25.4 Å². The van der Waals surface area contributed by atoms with E-state index in [0.717, 1.165) is 0 Å². The van der Waals surface area contributed by atoms with Crippen LogP contribution >= 0.6 is 15.9 Å². The third-order valence-electron chi connectivity index (χ3n) is 1.10. The van der Waals surface area contributed by atoms with Crippen molar-refractivity contribution < 1.29 is 76.3 Å². The molecule has 0 rings (SSSR count). The number of allylic oxidation sites excluding steroid dienone is 1. The number of carbonyl (C=O) groups excluding carboxylic acids is 2. The van der Waals surface area contributed by atoms with E-state index in [0.29, 0.717) is 5.33 Å². The third-order valence-corrected chi connectivity index (χ3v) is 1.48. The second-order valence-corrected chi connectivity index (χ2v) is 2.84. The first-order valence-electron chi connectivity index (χ1n) is 4.40. The molecule has 7 nitrogen and oxygen atoms in total. The number of aliphatic hydroxyl groups is 1. The van der Waals surface area contributed by atoms with E-state index in [1.807, 2.05) is 0 Å². The van der Waals surface area contributed by atoms with Crippen molar-refractivity contribution in [2.75, 3.05) is 26.2 Å². The van der Waals surface area contributed by atoms with Gasteiger partial charge in [-0.05, 0) is 0 Å². The van der Waals surface area contributed by atoms with Crippen LogP contribution in [0.5, 0.6) is 0 Å². The second kappa shape index (κ2) is 31.5. The average molecular weight is 545 g/mol. The summed E-state index contributed by atoms with van der Waals surface area (Å²) in [7, 11) is 2.63. The number of aliphatic hydroxyl groups excluding tert-OH is 1. The van der Waals surface area contributed by atoms with Crippen molar-refractivity contribution in [3.8, 4) is 0 Å². The van der Waals surface area contributed by atoms with Gasteiger partial charge in [0.1, 0.15) is 0 Å². The van der Waals surface area contributed by atoms with Gasteiger partial charge in [-0.25, -0.2) is 9.59 Å². The number of ether oxygens (including phenoxy) is 2. The van der Waals surface area contributed by atoms with Crippen LogP contribution in [0, 0.1) is 0 Å². The molecule has 0 aromatic carbocycles. The topological polar surface area (TPSA) is 121 Å². The molecule has 0 fully saturated rings. The predicted molar refractivity (Wildman–Crippen MR) is 67.5 cm³/mol. The summed E-state index contributed by atoms with van der Waals surface area (Å²) in [6.07, 6.45) is 5.52. The molecule has 0 spiro atoms. The number of esters is 2. The number of halogens is 1. The molecule has 0 saturated heterocycles. The zero-order chi connectivity index (χ0) is 14.8. The first-order valence-corrected chi connectivity index (χ1v) is 6.13. The number of methoxy groups -OCH3 is 2. The Morgan fingerprint density at radius 1 is 1.10 bits per heavy atom. The Morgan fingerprint density at radius 3 is 1.70 bits per heavy atom. The van der Waals surface area contributed by atoms with Gasteiger partial charge in [-0.15, -0.1) is 0 Å². The molecule has 1 radical (unpaired) electrons. The van der Waals surface area contributed by atoms with Gasteiger partial charge in [0.05, 0.1) is 20.8 Å². The van der Waals surface area contributed by atoms with Crippen molar-refractivity contribution in [1.82, 2.24) is 0 Å². The van der Waals surface area contributed by atoms with Gasteiger partial charge in [-0.1, -0.05) is 28.1 Å². The monoisotopic (exact) mass is 542 g/mol. The Hall–Kier alpha value is 0.101. The maximum atomic E-state index is 10.2. The number of carbonyl (C=O) groups is 2. The van der Waals surface area contributed by atoms with Gasteiger partial charge >= 0.3 is 36.2 Å². The van der Waals surface area contributed by atoms with Crippen molar-refractivity contribution in [3.63, 3.8) is 0 Å². The molecule has 128 valence electrons. The molecule has 0 aromatic rings. The number of hydrogen-bond acceptors (Lipinski definition) is 6. The standard InChI is InChI=1S/C5H7BrO2.C5H8O3.2Ag.H2O.O/c2*1-8-5(7)3-2-4-6;;;;/h2-3H,4H2,1H3;2-3,6H,4H2,1H3;;;1H2;/b2*3-2-;;;;. The van der Waals surface area contributed by atoms with Crippen LogP contribution in [0.3, 0.4) is 0 Å². The molecule has 20 heavy (non-hydrogen) atoms. The van der Waals surface area contributed by atoms with Gasteiger partial charge in [-0.3, -0.25) is 0 Å². The normalized spacial score (nSPS) is 8.10. The minimum absolute atomic E-state index is 0. The maximum absolute atomic E-state index is 10.2. The van der Waals surface area contributed by atoms with Crippen LogP contribution in [0.25, 0.3) is 0 Å². The zero-order valence-corrected chi connectivity index (χ0v) is 15.2. The molecule has 0 saturated carbocycles. The van der Waals surface area contributed by atoms with E-state index in [1.165, 1.54) is 32.4 Å². The summed E-state index contributed by atoms with van der Waals surface area (Å²) in [4.78, 5) is 20.4. The molecule has 0 aliphatic carbocycles. The minimum atomic E-state index is -0.445. The summed E-state index contributed by atoms with van der Waals surface area (Å²) in [5, 5.41) is 8.80. The van der Waals surface area contributed by atoms with Gasteiger partial charge in [0.15, 0.2) is 0 Å². The summed E-state index contributed by atoms with van der Waals surface area (Å²) in [5.74, 6) is -0.761. The number of alkyl halides is 1. The van der Waals surface area contributed by atoms with E-state index in [-0.39, 0.29) is 40.4 Å². The van der Waals surface area contributed by atoms with E-state index in [1.54, 1.807) is 27.1 Å². The molecule has 0 unspecified atom stereocenters. The van der Waals surface area contributed by atoms with Gasteiger partial charge in [0.25, 0.3) is 0 Å². The van der Waals surface area contributed by atoms with Crippen molar-refractivity contribution in [2.24, 2.45) is 0 Å². The molecule has 0 bridgehead atoms. The predicted octanol–water partition coefficient (Wildman–Crippen LogP) is -0.130. The van der Waals surface area contributed by atoms with Crippen molar-refractivity contribution in [3.05, 3.63) is 24.3 Å². The molecule has 10 heteroatoms. The third kappa shape index (κ3) is 36.1. The molecule has 0 heterocycles. The first-order chi connectivity index (χ1) is 8.62. The molecular weight excluding hydrogens is 528 g/mol. The van der Waals surface area contributed by atoms with Crippen LogP contribution in [0.4, 0.5) is 0 Å². The Balaban J connectivity index is -0.0000000611.